The Balaban J connectivity index is 0.000000132. The molecule has 1 saturated heterocycles. The number of nitrogens with one attached hydrogen (secondary N) is 1. The zero-order valence-corrected chi connectivity index (χ0v) is 7.99. The summed E-state index contributed by atoms with van der Waals surface area (Å²) in [4.78, 5) is 15.1. The molecule has 1 fully saturated rings. The first-order chi connectivity index (χ1) is 6.29. The van der Waals surface area contributed by atoms with Gasteiger partial charge in [0.05, 0.1) is 0 Å². The van der Waals surface area contributed by atoms with E-state index < -0.39 is 0 Å². The second-order valence-electron chi connectivity index (χ2n) is 3.24. The highest BCUT2D eigenvalue weighted by molar-refractivity contribution is 4.89. The lowest BCUT2D eigenvalue weighted by molar-refractivity contribution is 0.418. The molecular formula is C10H16N2O. The summed E-state index contributed by atoms with van der Waals surface area (Å²) in [6.45, 7) is 2.64. The number of pyridine rings is 1. The Morgan fingerprint density at radius 3 is 2.23 bits per heavy atom. The van der Waals surface area contributed by atoms with Crippen molar-refractivity contribution in [3.05, 3.63) is 34.7 Å². The first-order valence-corrected chi connectivity index (χ1v) is 4.61. The number of likely N-dealkylation sites (tertiary alicyclic amines) is 1. The third-order valence-corrected chi connectivity index (χ3v) is 2.01. The Kier molecular flexibility index (Phi) is 4.26. The second kappa shape index (κ2) is 5.54. The van der Waals surface area contributed by atoms with E-state index in [0.29, 0.717) is 0 Å². The van der Waals surface area contributed by atoms with E-state index in [1.807, 2.05) is 0 Å². The number of H-pyrrole nitrogens is 1. The van der Waals surface area contributed by atoms with Gasteiger partial charge < -0.3 is 9.88 Å². The first-order valence-electron chi connectivity index (χ1n) is 4.61. The van der Waals surface area contributed by atoms with Gasteiger partial charge in [0.25, 0.3) is 0 Å². The molecule has 1 aliphatic rings. The van der Waals surface area contributed by atoms with Crippen molar-refractivity contribution in [2.75, 3.05) is 20.1 Å². The minimum absolute atomic E-state index is 0.0532. The molecule has 0 atom stereocenters. The molecular weight excluding hydrogens is 164 g/mol. The number of hydrogen-bond acceptors (Lipinski definition) is 2. The average Bonchev–Trinajstić information content (AvgIpc) is 2.58. The van der Waals surface area contributed by atoms with Crippen LogP contribution < -0.4 is 5.56 Å². The van der Waals surface area contributed by atoms with Crippen molar-refractivity contribution >= 4 is 0 Å². The molecule has 0 spiro atoms. The molecule has 2 heterocycles. The molecule has 2 rings (SSSR count). The summed E-state index contributed by atoms with van der Waals surface area (Å²) in [5.74, 6) is 0. The summed E-state index contributed by atoms with van der Waals surface area (Å²) in [7, 11) is 2.17. The fourth-order valence-electron chi connectivity index (χ4n) is 1.25. The molecule has 72 valence electrons. The molecule has 1 N–H and O–H groups in total. The van der Waals surface area contributed by atoms with Gasteiger partial charge in [-0.25, -0.2) is 0 Å². The van der Waals surface area contributed by atoms with Gasteiger partial charge in [0, 0.05) is 12.3 Å². The molecule has 0 amide bonds. The fourth-order valence-corrected chi connectivity index (χ4v) is 1.25. The zero-order chi connectivity index (χ0) is 9.52. The largest absolute Gasteiger partial charge is 0.329 e. The van der Waals surface area contributed by atoms with Crippen LogP contribution in [0.2, 0.25) is 0 Å². The number of aromatic amines is 1. The van der Waals surface area contributed by atoms with E-state index in [-0.39, 0.29) is 5.56 Å². The molecule has 3 heteroatoms. The van der Waals surface area contributed by atoms with Gasteiger partial charge in [0.1, 0.15) is 0 Å². The van der Waals surface area contributed by atoms with Crippen LogP contribution in [0.15, 0.2) is 29.2 Å². The van der Waals surface area contributed by atoms with Crippen LogP contribution in [-0.2, 0) is 0 Å². The molecule has 0 unspecified atom stereocenters. The number of nitrogens with zero attached hydrogens (tertiary/aromatic N) is 1. The maximum atomic E-state index is 10.2. The van der Waals surface area contributed by atoms with Crippen LogP contribution in [0.4, 0.5) is 0 Å². The van der Waals surface area contributed by atoms with E-state index in [1.54, 1.807) is 18.3 Å². The summed E-state index contributed by atoms with van der Waals surface area (Å²) in [5.41, 5.74) is -0.0532. The summed E-state index contributed by atoms with van der Waals surface area (Å²) in [6.07, 6.45) is 4.43. The summed E-state index contributed by atoms with van der Waals surface area (Å²) in [6, 6.07) is 4.93. The molecule has 0 saturated carbocycles. The predicted molar refractivity (Wildman–Crippen MR) is 53.8 cm³/mol. The van der Waals surface area contributed by atoms with Crippen LogP contribution in [0.5, 0.6) is 0 Å². The quantitative estimate of drug-likeness (QED) is 0.648. The van der Waals surface area contributed by atoms with Crippen LogP contribution in [0.1, 0.15) is 12.8 Å². The van der Waals surface area contributed by atoms with Crippen LogP contribution in [0, 0.1) is 0 Å². The highest BCUT2D eigenvalue weighted by atomic mass is 16.1. The van der Waals surface area contributed by atoms with Gasteiger partial charge >= 0.3 is 0 Å². The number of rotatable bonds is 0. The normalized spacial score (nSPS) is 16.4. The molecule has 13 heavy (non-hydrogen) atoms. The molecule has 0 bridgehead atoms. The van der Waals surface area contributed by atoms with Gasteiger partial charge in [-0.3, -0.25) is 4.79 Å². The maximum absolute atomic E-state index is 10.2. The van der Waals surface area contributed by atoms with Crippen molar-refractivity contribution in [2.24, 2.45) is 0 Å². The Morgan fingerprint density at radius 2 is 2.00 bits per heavy atom. The summed E-state index contributed by atoms with van der Waals surface area (Å²) >= 11 is 0. The maximum Gasteiger partial charge on any atom is 0.247 e. The van der Waals surface area contributed by atoms with Crippen molar-refractivity contribution < 1.29 is 0 Å². The van der Waals surface area contributed by atoms with Crippen molar-refractivity contribution in [3.63, 3.8) is 0 Å². The standard InChI is InChI=1S/C5H5NO.C5H11N/c7-5-3-1-2-4-6-5;1-6-4-2-3-5-6/h1-4H,(H,6,7);2-5H2,1H3. The third-order valence-electron chi connectivity index (χ3n) is 2.01. The summed E-state index contributed by atoms with van der Waals surface area (Å²) in [5, 5.41) is 0. The SMILES string of the molecule is CN1CCCC1.O=c1cccc[nH]1. The highest BCUT2D eigenvalue weighted by Gasteiger charge is 2.03. The monoisotopic (exact) mass is 180 g/mol. The smallest absolute Gasteiger partial charge is 0.247 e. The minimum Gasteiger partial charge on any atom is -0.329 e. The number of aromatic nitrogens is 1. The first kappa shape index (κ1) is 9.99. The van der Waals surface area contributed by atoms with Crippen LogP contribution >= 0.6 is 0 Å². The molecule has 1 aliphatic heterocycles. The van der Waals surface area contributed by atoms with Gasteiger partial charge in [-0.05, 0) is 39.0 Å². The van der Waals surface area contributed by atoms with E-state index in [2.05, 4.69) is 16.9 Å². The van der Waals surface area contributed by atoms with E-state index in [0.717, 1.165) is 0 Å². The third kappa shape index (κ3) is 4.48. The predicted octanol–water partition coefficient (Wildman–Crippen LogP) is 1.09. The van der Waals surface area contributed by atoms with Crippen molar-refractivity contribution in [1.82, 2.24) is 9.88 Å². The Labute approximate surface area is 78.4 Å². The van der Waals surface area contributed by atoms with Gasteiger partial charge in [-0.1, -0.05) is 6.07 Å². The van der Waals surface area contributed by atoms with E-state index in [9.17, 15) is 4.79 Å². The van der Waals surface area contributed by atoms with Crippen LogP contribution in [0.25, 0.3) is 0 Å². The molecule has 0 radical (unpaired) electrons. The van der Waals surface area contributed by atoms with Crippen molar-refractivity contribution in [1.29, 1.82) is 0 Å². The van der Waals surface area contributed by atoms with E-state index in [4.69, 9.17) is 0 Å². The van der Waals surface area contributed by atoms with Crippen molar-refractivity contribution in [2.45, 2.75) is 12.8 Å². The molecule has 1 aromatic heterocycles. The lowest BCUT2D eigenvalue weighted by Crippen LogP contribution is -2.10. The summed E-state index contributed by atoms with van der Waals surface area (Å²) < 4.78 is 0. The van der Waals surface area contributed by atoms with Gasteiger partial charge in [0.15, 0.2) is 0 Å². The van der Waals surface area contributed by atoms with Crippen molar-refractivity contribution in [3.8, 4) is 0 Å². The second-order valence-corrected chi connectivity index (χ2v) is 3.24. The number of hydrogen-bond donors (Lipinski definition) is 1. The van der Waals surface area contributed by atoms with Gasteiger partial charge in [-0.2, -0.15) is 0 Å². The lowest BCUT2D eigenvalue weighted by Gasteiger charge is -2.01. The Bertz CT molecular complexity index is 259. The zero-order valence-electron chi connectivity index (χ0n) is 7.99. The van der Waals surface area contributed by atoms with Crippen LogP contribution in [-0.4, -0.2) is 30.0 Å². The Hall–Kier alpha value is -1.09. The van der Waals surface area contributed by atoms with Crippen LogP contribution in [0.3, 0.4) is 0 Å². The highest BCUT2D eigenvalue weighted by Crippen LogP contribution is 2.02. The lowest BCUT2D eigenvalue weighted by atomic mass is 10.4. The molecule has 1 aromatic rings. The minimum atomic E-state index is -0.0532. The Morgan fingerprint density at radius 1 is 1.31 bits per heavy atom. The molecule has 0 aromatic carbocycles. The topological polar surface area (TPSA) is 36.1 Å². The molecule has 3 nitrogen and oxygen atoms in total. The molecule has 0 aliphatic carbocycles. The van der Waals surface area contributed by atoms with Gasteiger partial charge in [-0.15, -0.1) is 0 Å². The average molecular weight is 180 g/mol. The van der Waals surface area contributed by atoms with E-state index >= 15 is 0 Å². The fraction of sp³-hybridized carbons (Fsp3) is 0.500. The van der Waals surface area contributed by atoms with Gasteiger partial charge in [0.2, 0.25) is 5.56 Å². The van der Waals surface area contributed by atoms with E-state index in [1.165, 1.54) is 32.0 Å².